The van der Waals surface area contributed by atoms with Gasteiger partial charge in [0, 0.05) is 6.54 Å². The lowest BCUT2D eigenvalue weighted by atomic mass is 10.0. The Morgan fingerprint density at radius 1 is 1.14 bits per heavy atom. The number of rotatable bonds is 3. The molecule has 0 N–H and O–H groups in total. The van der Waals surface area contributed by atoms with E-state index in [1.54, 1.807) is 12.1 Å². The molecule has 148 valence electrons. The number of fused-ring (bicyclic) bond motifs is 1. The third kappa shape index (κ3) is 2.93. The first-order chi connectivity index (χ1) is 13.1. The molecule has 0 aliphatic carbocycles. The highest BCUT2D eigenvalue weighted by Crippen LogP contribution is 2.42. The highest BCUT2D eigenvalue weighted by Gasteiger charge is 2.50. The van der Waals surface area contributed by atoms with E-state index in [-0.39, 0.29) is 39.6 Å². The van der Waals surface area contributed by atoms with Crippen molar-refractivity contribution in [3.63, 3.8) is 0 Å². The SMILES string of the molecule is Cc1ccc(S(=O)(=O)n2nc(N3CCC3C(F)(F)F)c3c(Cl)cccc32)cc1. The summed E-state index contributed by atoms with van der Waals surface area (Å²) < 4.78 is 66.7. The minimum absolute atomic E-state index is 0.00925. The molecular weight excluding hydrogens is 415 g/mol. The van der Waals surface area contributed by atoms with Gasteiger partial charge in [-0.3, -0.25) is 0 Å². The van der Waals surface area contributed by atoms with Gasteiger partial charge in [0.25, 0.3) is 10.0 Å². The van der Waals surface area contributed by atoms with Gasteiger partial charge >= 0.3 is 6.18 Å². The number of hydrogen-bond donors (Lipinski definition) is 0. The van der Waals surface area contributed by atoms with Crippen molar-refractivity contribution in [2.45, 2.75) is 30.5 Å². The lowest BCUT2D eigenvalue weighted by Gasteiger charge is -2.42. The maximum atomic E-state index is 13.3. The van der Waals surface area contributed by atoms with Crippen LogP contribution in [0.25, 0.3) is 10.9 Å². The molecule has 1 aromatic heterocycles. The normalized spacial score (nSPS) is 17.8. The molecule has 1 aliphatic heterocycles. The average Bonchev–Trinajstić information content (AvgIpc) is 2.94. The molecule has 0 radical (unpaired) electrons. The number of halogens is 4. The Balaban J connectivity index is 1.92. The van der Waals surface area contributed by atoms with Gasteiger partial charge in [-0.15, -0.1) is 5.10 Å². The Bertz CT molecular complexity index is 1160. The minimum atomic E-state index is -4.44. The van der Waals surface area contributed by atoms with Crippen molar-refractivity contribution in [1.29, 1.82) is 0 Å². The first kappa shape index (κ1) is 19.1. The van der Waals surface area contributed by atoms with Crippen molar-refractivity contribution in [2.75, 3.05) is 11.4 Å². The molecule has 10 heteroatoms. The van der Waals surface area contributed by atoms with Crippen molar-refractivity contribution in [2.24, 2.45) is 0 Å². The molecule has 2 heterocycles. The van der Waals surface area contributed by atoms with Crippen molar-refractivity contribution in [3.05, 3.63) is 53.1 Å². The molecule has 1 aliphatic rings. The quantitative estimate of drug-likeness (QED) is 0.620. The Hall–Kier alpha value is -2.26. The molecule has 3 aromatic rings. The van der Waals surface area contributed by atoms with Crippen molar-refractivity contribution >= 4 is 38.3 Å². The van der Waals surface area contributed by atoms with Gasteiger partial charge in [-0.1, -0.05) is 35.4 Å². The molecule has 2 aromatic carbocycles. The molecular formula is C18H15ClF3N3O2S. The van der Waals surface area contributed by atoms with Crippen LogP contribution in [-0.2, 0) is 10.0 Å². The zero-order chi connectivity index (χ0) is 20.3. The second-order valence-corrected chi connectivity index (χ2v) is 8.83. The molecule has 4 rings (SSSR count). The summed E-state index contributed by atoms with van der Waals surface area (Å²) >= 11 is 6.22. The topological polar surface area (TPSA) is 55.2 Å². The van der Waals surface area contributed by atoms with E-state index in [0.29, 0.717) is 0 Å². The molecule has 28 heavy (non-hydrogen) atoms. The number of aromatic nitrogens is 2. The lowest BCUT2D eigenvalue weighted by Crippen LogP contribution is -2.56. The van der Waals surface area contributed by atoms with E-state index in [0.717, 1.165) is 14.6 Å². The monoisotopic (exact) mass is 429 g/mol. The maximum absolute atomic E-state index is 13.3. The van der Waals surface area contributed by atoms with Crippen LogP contribution in [0.1, 0.15) is 12.0 Å². The molecule has 1 saturated heterocycles. The average molecular weight is 430 g/mol. The van der Waals surface area contributed by atoms with Crippen LogP contribution < -0.4 is 4.90 Å². The zero-order valence-corrected chi connectivity index (χ0v) is 16.2. The molecule has 0 saturated carbocycles. The molecule has 0 amide bonds. The van der Waals surface area contributed by atoms with Crippen molar-refractivity contribution < 1.29 is 21.6 Å². The summed E-state index contributed by atoms with van der Waals surface area (Å²) in [5.41, 5.74) is 1.01. The maximum Gasteiger partial charge on any atom is 0.408 e. The van der Waals surface area contributed by atoms with Gasteiger partial charge in [-0.25, -0.2) is 0 Å². The third-order valence-electron chi connectivity index (χ3n) is 4.82. The molecule has 5 nitrogen and oxygen atoms in total. The fourth-order valence-electron chi connectivity index (χ4n) is 3.26. The van der Waals surface area contributed by atoms with Gasteiger partial charge in [0.15, 0.2) is 5.82 Å². The second kappa shape index (κ2) is 6.38. The van der Waals surface area contributed by atoms with E-state index < -0.39 is 22.2 Å². The van der Waals surface area contributed by atoms with Gasteiger partial charge in [0.1, 0.15) is 6.04 Å². The van der Waals surface area contributed by atoms with E-state index in [1.807, 2.05) is 6.92 Å². The van der Waals surface area contributed by atoms with Gasteiger partial charge in [0.05, 0.1) is 20.8 Å². The molecule has 1 unspecified atom stereocenters. The van der Waals surface area contributed by atoms with Gasteiger partial charge in [0.2, 0.25) is 0 Å². The van der Waals surface area contributed by atoms with E-state index in [9.17, 15) is 21.6 Å². The van der Waals surface area contributed by atoms with Gasteiger partial charge < -0.3 is 4.90 Å². The highest BCUT2D eigenvalue weighted by atomic mass is 35.5. The number of aryl methyl sites for hydroxylation is 1. The largest absolute Gasteiger partial charge is 0.408 e. The molecule has 1 atom stereocenters. The number of alkyl halides is 3. The van der Waals surface area contributed by atoms with Crippen LogP contribution in [0.3, 0.4) is 0 Å². The smallest absolute Gasteiger partial charge is 0.342 e. The summed E-state index contributed by atoms with van der Waals surface area (Å²) in [4.78, 5) is 1.04. The lowest BCUT2D eigenvalue weighted by molar-refractivity contribution is -0.159. The van der Waals surface area contributed by atoms with Crippen LogP contribution in [0.5, 0.6) is 0 Å². The fourth-order valence-corrected chi connectivity index (χ4v) is 4.79. The Morgan fingerprint density at radius 3 is 2.39 bits per heavy atom. The van der Waals surface area contributed by atoms with Gasteiger partial charge in [-0.2, -0.15) is 25.7 Å². The highest BCUT2D eigenvalue weighted by molar-refractivity contribution is 7.90. The van der Waals surface area contributed by atoms with Crippen LogP contribution in [0.15, 0.2) is 47.4 Å². The van der Waals surface area contributed by atoms with Gasteiger partial charge in [-0.05, 0) is 37.6 Å². The summed E-state index contributed by atoms with van der Waals surface area (Å²) in [7, 11) is -4.11. The number of benzene rings is 2. The third-order valence-corrected chi connectivity index (χ3v) is 6.74. The number of anilines is 1. The van der Waals surface area contributed by atoms with Crippen LogP contribution in [0.4, 0.5) is 19.0 Å². The number of hydrogen-bond acceptors (Lipinski definition) is 4. The minimum Gasteiger partial charge on any atom is -0.342 e. The fraction of sp³-hybridized carbons (Fsp3) is 0.278. The van der Waals surface area contributed by atoms with Crippen molar-refractivity contribution in [1.82, 2.24) is 9.19 Å². The molecule has 1 fully saturated rings. The predicted octanol–water partition coefficient (Wildman–Crippen LogP) is 4.38. The Morgan fingerprint density at radius 2 is 1.82 bits per heavy atom. The second-order valence-electron chi connectivity index (χ2n) is 6.66. The summed E-state index contributed by atoms with van der Waals surface area (Å²) in [5, 5.41) is 4.41. The first-order valence-corrected chi connectivity index (χ1v) is 10.3. The van der Waals surface area contributed by atoms with Crippen LogP contribution in [-0.4, -0.2) is 36.4 Å². The zero-order valence-electron chi connectivity index (χ0n) is 14.6. The predicted molar refractivity (Wildman–Crippen MR) is 100 cm³/mol. The Kier molecular flexibility index (Phi) is 4.35. The standard InChI is InChI=1S/C18H15ClF3N3O2S/c1-11-5-7-12(8-6-11)28(26,27)25-14-4-2-3-13(19)16(14)17(23-25)24-10-9-15(24)18(20,21)22/h2-8,15H,9-10H2,1H3. The van der Waals surface area contributed by atoms with E-state index in [4.69, 9.17) is 11.6 Å². The Labute approximate surface area is 164 Å². The summed E-state index contributed by atoms with van der Waals surface area (Å²) in [6, 6.07) is 8.95. The van der Waals surface area contributed by atoms with Crippen LogP contribution in [0, 0.1) is 6.92 Å². The number of nitrogens with zero attached hydrogens (tertiary/aromatic N) is 3. The van der Waals surface area contributed by atoms with Crippen LogP contribution >= 0.6 is 11.6 Å². The first-order valence-electron chi connectivity index (χ1n) is 8.43. The summed E-state index contributed by atoms with van der Waals surface area (Å²) in [6.07, 6.45) is -4.52. The van der Waals surface area contributed by atoms with E-state index in [1.165, 1.54) is 30.3 Å². The van der Waals surface area contributed by atoms with E-state index >= 15 is 0 Å². The van der Waals surface area contributed by atoms with E-state index in [2.05, 4.69) is 5.10 Å². The summed E-state index contributed by atoms with van der Waals surface area (Å²) in [5.74, 6) is -0.0788. The van der Waals surface area contributed by atoms with Crippen molar-refractivity contribution in [3.8, 4) is 0 Å². The van der Waals surface area contributed by atoms with Crippen LogP contribution in [0.2, 0.25) is 5.02 Å². The molecule has 0 spiro atoms. The summed E-state index contributed by atoms with van der Waals surface area (Å²) in [6.45, 7) is 1.94. The molecule has 0 bridgehead atoms.